The van der Waals surface area contributed by atoms with Crippen LogP contribution in [0.3, 0.4) is 0 Å². The Kier molecular flexibility index (Phi) is 10.7. The van der Waals surface area contributed by atoms with Gasteiger partial charge in [-0.15, -0.1) is 0 Å². The van der Waals surface area contributed by atoms with Crippen molar-refractivity contribution in [1.29, 1.82) is 0 Å². The average molecular weight is 164 g/mol. The van der Waals surface area contributed by atoms with Crippen molar-refractivity contribution < 1.29 is 43.3 Å². The molecule has 0 aromatic carbocycles. The van der Waals surface area contributed by atoms with Crippen LogP contribution in [0.2, 0.25) is 0 Å². The quantitative estimate of drug-likeness (QED) is 0.343. The molecule has 7 heteroatoms. The van der Waals surface area contributed by atoms with E-state index in [-0.39, 0.29) is 24.0 Å². The van der Waals surface area contributed by atoms with Gasteiger partial charge in [0.2, 0.25) is 0 Å². The third kappa shape index (κ3) is 337. The zero-order chi connectivity index (χ0) is 4.50. The van der Waals surface area contributed by atoms with Crippen molar-refractivity contribution >= 4 is 7.82 Å². The van der Waals surface area contributed by atoms with Crippen LogP contribution in [0.5, 0.6) is 0 Å². The molecule has 1 radical (unpaired) electrons. The second-order valence-electron chi connectivity index (χ2n) is 0.447. The monoisotopic (exact) mass is 164 g/mol. The molecule has 0 bridgehead atoms. The Bertz CT molecular complexity index is 54.2. The van der Waals surface area contributed by atoms with Gasteiger partial charge < -0.3 is 24.7 Å². The van der Waals surface area contributed by atoms with Gasteiger partial charge >= 0.3 is 18.6 Å². The minimum absolute atomic E-state index is 0. The molecular weight excluding hydrogens is 162 g/mol. The topological polar surface area (TPSA) is 118 Å². The fraction of sp³-hybridized carbons (Fsp3) is 0. The maximum Gasteiger partial charge on any atom is 4.00 e. The van der Waals surface area contributed by atoms with E-state index in [4.69, 9.17) is 19.2 Å². The molecule has 0 rings (SSSR count). The molecule has 0 unspecified atom stereocenters. The fourth-order valence-corrected chi connectivity index (χ4v) is 0. The van der Waals surface area contributed by atoms with Crippen molar-refractivity contribution in [3.05, 3.63) is 0 Å². The number of rotatable bonds is 0. The molecule has 0 aliphatic heterocycles. The minimum atomic E-state index is -5.39. The predicted octanol–water partition coefficient (Wildman–Crippen LogP) is -3.65. The van der Waals surface area contributed by atoms with Crippen LogP contribution in [0, 0.1) is 0 Å². The predicted molar refractivity (Wildman–Crippen MR) is 11.2 cm³/mol. The summed E-state index contributed by atoms with van der Waals surface area (Å²) >= 11 is 0. The van der Waals surface area contributed by atoms with Gasteiger partial charge in [0.05, 0.1) is 0 Å². The van der Waals surface area contributed by atoms with Gasteiger partial charge in [-0.25, -0.2) is 0 Å². The maximum atomic E-state index is 8.55. The van der Waals surface area contributed by atoms with E-state index in [0.717, 1.165) is 0 Å². The van der Waals surface area contributed by atoms with E-state index in [0.29, 0.717) is 0 Å². The molecule has 0 atom stereocenters. The van der Waals surface area contributed by atoms with E-state index >= 15 is 0 Å². The summed E-state index contributed by atoms with van der Waals surface area (Å²) in [5, 5.41) is 0. The van der Waals surface area contributed by atoms with Gasteiger partial charge in [0.25, 0.3) is 0 Å². The summed E-state index contributed by atoms with van der Waals surface area (Å²) < 4.78 is 8.55. The van der Waals surface area contributed by atoms with E-state index in [1.165, 1.54) is 0 Å². The summed E-state index contributed by atoms with van der Waals surface area (Å²) in [6, 6.07) is 0. The van der Waals surface area contributed by atoms with E-state index in [2.05, 4.69) is 0 Å². The molecule has 7 heavy (non-hydrogen) atoms. The molecule has 41 valence electrons. The van der Waals surface area contributed by atoms with Gasteiger partial charge in [-0.3, -0.25) is 0 Å². The fourth-order valence-electron chi connectivity index (χ4n) is 0. The first-order valence-corrected chi connectivity index (χ1v) is 2.19. The maximum absolute atomic E-state index is 8.55. The van der Waals surface area contributed by atoms with Crippen LogP contribution in [0.25, 0.3) is 0 Å². The van der Waals surface area contributed by atoms with Gasteiger partial charge in [-0.05, 0) is 0 Å². The van der Waals surface area contributed by atoms with Crippen LogP contribution in [-0.4, -0.2) is 5.48 Å². The van der Waals surface area contributed by atoms with E-state index in [1.807, 2.05) is 0 Å². The summed E-state index contributed by atoms with van der Waals surface area (Å²) in [7, 11) is -5.39. The van der Waals surface area contributed by atoms with Crippen LogP contribution >= 0.6 is 7.82 Å². The third-order valence-corrected chi connectivity index (χ3v) is 0. The molecule has 0 fully saturated rings. The number of hydrogen-bond acceptors (Lipinski definition) is 4. The molecule has 0 aliphatic carbocycles. The smallest absolute Gasteiger partial charge is 0.822 e. The van der Waals surface area contributed by atoms with E-state index in [9.17, 15) is 0 Å². The molecule has 0 aliphatic rings. The van der Waals surface area contributed by atoms with E-state index in [1.54, 1.807) is 0 Å². The zero-order valence-electron chi connectivity index (χ0n) is 3.03. The molecule has 0 aromatic heterocycles. The van der Waals surface area contributed by atoms with Crippen molar-refractivity contribution in [2.75, 3.05) is 0 Å². The van der Waals surface area contributed by atoms with Crippen LogP contribution < -0.4 is 14.7 Å². The van der Waals surface area contributed by atoms with Gasteiger partial charge in [0.15, 0.2) is 0 Å². The van der Waals surface area contributed by atoms with Crippen LogP contribution in [-0.2, 0) is 23.1 Å². The Hall–Kier alpha value is 0.654. The van der Waals surface area contributed by atoms with Crippen LogP contribution in [0.15, 0.2) is 0 Å². The molecule has 0 amide bonds. The Morgan fingerprint density at radius 2 is 1.14 bits per heavy atom. The summed E-state index contributed by atoms with van der Waals surface area (Å²) in [6.45, 7) is 0. The summed E-state index contributed by atoms with van der Waals surface area (Å²) in [5.74, 6) is 0. The van der Waals surface area contributed by atoms with Gasteiger partial charge in [0.1, 0.15) is 0 Å². The van der Waals surface area contributed by atoms with Crippen molar-refractivity contribution in [1.82, 2.24) is 0 Å². The Morgan fingerprint density at radius 3 is 1.14 bits per heavy atom. The number of phosphoric acid groups is 1. The van der Waals surface area contributed by atoms with Gasteiger partial charge in [-0.2, -0.15) is 7.82 Å². The Morgan fingerprint density at radius 1 is 1.14 bits per heavy atom. The standard InChI is InChI=1S/H3O4P.H2O.V/c1-5(2,3)4;;/h(H3,1,2,3,4);1H2;/q;;+4/p-3. The first-order valence-electron chi connectivity index (χ1n) is 0.730. The van der Waals surface area contributed by atoms with Crippen LogP contribution in [0.4, 0.5) is 0 Å². The Labute approximate surface area is 51.8 Å². The molecule has 0 saturated carbocycles. The number of hydrogen-bond donors (Lipinski definition) is 0. The van der Waals surface area contributed by atoms with Crippen LogP contribution in [0.1, 0.15) is 0 Å². The molecule has 0 aromatic rings. The second kappa shape index (κ2) is 4.80. The Balaban J connectivity index is -0.0000000800. The summed E-state index contributed by atoms with van der Waals surface area (Å²) in [6.07, 6.45) is 0. The summed E-state index contributed by atoms with van der Waals surface area (Å²) in [5.41, 5.74) is 0. The first-order chi connectivity index (χ1) is 2.00. The van der Waals surface area contributed by atoms with Crippen molar-refractivity contribution in [2.45, 2.75) is 0 Å². The SMILES string of the molecule is O.O=P([O-])([O-])[O-].[V+4]. The normalized spacial score (nSPS) is 8.43. The van der Waals surface area contributed by atoms with Crippen molar-refractivity contribution in [3.63, 3.8) is 0 Å². The molecule has 0 saturated heterocycles. The third-order valence-electron chi connectivity index (χ3n) is 0. The summed E-state index contributed by atoms with van der Waals surface area (Å²) in [4.78, 5) is 25.6. The van der Waals surface area contributed by atoms with Crippen molar-refractivity contribution in [3.8, 4) is 0 Å². The molecule has 0 heterocycles. The molecular formula is H2O5PV+. The van der Waals surface area contributed by atoms with E-state index < -0.39 is 7.82 Å². The molecule has 0 spiro atoms. The van der Waals surface area contributed by atoms with Gasteiger partial charge in [0, 0.05) is 0 Å². The average Bonchev–Trinajstić information content (AvgIpc) is 0.722. The first kappa shape index (κ1) is 15.6. The minimum Gasteiger partial charge on any atom is -0.822 e. The van der Waals surface area contributed by atoms with Gasteiger partial charge in [-0.1, -0.05) is 0 Å². The molecule has 2 N–H and O–H groups in total. The largest absolute Gasteiger partial charge is 4.00 e. The molecule has 5 nitrogen and oxygen atoms in total. The zero-order valence-corrected chi connectivity index (χ0v) is 5.32. The van der Waals surface area contributed by atoms with Crippen molar-refractivity contribution in [2.24, 2.45) is 0 Å². The second-order valence-corrected chi connectivity index (χ2v) is 1.34.